The molecule has 0 fully saturated rings. The van der Waals surface area contributed by atoms with Crippen LogP contribution in [0.15, 0.2) is 106 Å². The zero-order chi connectivity index (χ0) is 26.4. The van der Waals surface area contributed by atoms with Crippen LogP contribution in [0.25, 0.3) is 0 Å². The van der Waals surface area contributed by atoms with Crippen LogP contribution in [0.1, 0.15) is 11.1 Å². The summed E-state index contributed by atoms with van der Waals surface area (Å²) in [6, 6.07) is 27.8. The van der Waals surface area contributed by atoms with Crippen LogP contribution in [-0.4, -0.2) is 25.2 Å². The third-order valence-corrected chi connectivity index (χ3v) is 8.01. The second kappa shape index (κ2) is 11.9. The first-order valence-electron chi connectivity index (χ1n) is 11.3. The summed E-state index contributed by atoms with van der Waals surface area (Å²) in [5.74, 6) is 0.428. The van der Waals surface area contributed by atoms with E-state index in [2.05, 4.69) is 21.2 Å². The molecule has 4 aromatic carbocycles. The molecule has 0 aromatic heterocycles. The summed E-state index contributed by atoms with van der Waals surface area (Å²) in [6.07, 6.45) is 0. The minimum atomic E-state index is -3.99. The number of nitrogens with one attached hydrogen (secondary N) is 1. The summed E-state index contributed by atoms with van der Waals surface area (Å²) in [6.45, 7) is 1.56. The van der Waals surface area contributed by atoms with Crippen LogP contribution in [-0.2, 0) is 21.4 Å². The number of para-hydroxylation sites is 1. The Morgan fingerprint density at radius 2 is 1.62 bits per heavy atom. The van der Waals surface area contributed by atoms with E-state index in [1.807, 2.05) is 49.4 Å². The standard InChI is InChI=1S/C28H24BrClN2O4S/c1-20-7-9-21(10-8-20)18-32(37(34,35)25-14-11-22(29)12-15-25)19-28(33)31-26-17-23(30)13-16-27(26)36-24-5-3-2-4-6-24/h2-17H,18-19H2,1H3,(H,31,33). The van der Waals surface area contributed by atoms with Gasteiger partial charge >= 0.3 is 0 Å². The molecule has 0 heterocycles. The first kappa shape index (κ1) is 26.9. The lowest BCUT2D eigenvalue weighted by Crippen LogP contribution is -2.37. The fourth-order valence-corrected chi connectivity index (χ4v) is 5.35. The number of aryl methyl sites for hydroxylation is 1. The largest absolute Gasteiger partial charge is 0.455 e. The Bertz CT molecular complexity index is 1480. The summed E-state index contributed by atoms with van der Waals surface area (Å²) in [5, 5.41) is 3.17. The van der Waals surface area contributed by atoms with Crippen LogP contribution >= 0.6 is 27.5 Å². The number of carbonyl (C=O) groups is 1. The first-order valence-corrected chi connectivity index (χ1v) is 14.0. The van der Waals surface area contributed by atoms with Gasteiger partial charge in [-0.05, 0) is 67.1 Å². The van der Waals surface area contributed by atoms with Crippen LogP contribution in [0.2, 0.25) is 5.02 Å². The molecule has 6 nitrogen and oxygen atoms in total. The van der Waals surface area contributed by atoms with Gasteiger partial charge in [0.25, 0.3) is 0 Å². The van der Waals surface area contributed by atoms with Crippen LogP contribution in [0.3, 0.4) is 0 Å². The molecule has 37 heavy (non-hydrogen) atoms. The van der Waals surface area contributed by atoms with Gasteiger partial charge in [-0.2, -0.15) is 4.31 Å². The lowest BCUT2D eigenvalue weighted by Gasteiger charge is -2.22. The Hall–Kier alpha value is -3.17. The highest BCUT2D eigenvalue weighted by Crippen LogP contribution is 2.32. The number of carbonyl (C=O) groups excluding carboxylic acids is 1. The average Bonchev–Trinajstić information content (AvgIpc) is 2.87. The molecule has 0 spiro atoms. The van der Waals surface area contributed by atoms with E-state index in [0.29, 0.717) is 22.2 Å². The molecule has 1 N–H and O–H groups in total. The number of anilines is 1. The molecule has 0 bridgehead atoms. The Balaban J connectivity index is 1.60. The van der Waals surface area contributed by atoms with Crippen LogP contribution in [0, 0.1) is 6.92 Å². The Kier molecular flexibility index (Phi) is 8.66. The highest BCUT2D eigenvalue weighted by Gasteiger charge is 2.27. The van der Waals surface area contributed by atoms with Gasteiger partial charge in [-0.15, -0.1) is 0 Å². The molecule has 9 heteroatoms. The molecule has 190 valence electrons. The van der Waals surface area contributed by atoms with Gasteiger partial charge in [0.1, 0.15) is 5.75 Å². The van der Waals surface area contributed by atoms with E-state index in [1.54, 1.807) is 42.5 Å². The predicted molar refractivity (Wildman–Crippen MR) is 150 cm³/mol. The molecular weight excluding hydrogens is 576 g/mol. The monoisotopic (exact) mass is 598 g/mol. The summed E-state index contributed by atoms with van der Waals surface area (Å²) in [4.78, 5) is 13.3. The molecule has 0 saturated carbocycles. The van der Waals surface area contributed by atoms with Gasteiger partial charge in [0.15, 0.2) is 5.75 Å². The van der Waals surface area contributed by atoms with Gasteiger partial charge < -0.3 is 10.1 Å². The van der Waals surface area contributed by atoms with E-state index >= 15 is 0 Å². The van der Waals surface area contributed by atoms with Gasteiger partial charge in [-0.3, -0.25) is 4.79 Å². The van der Waals surface area contributed by atoms with Gasteiger partial charge in [-0.25, -0.2) is 8.42 Å². The van der Waals surface area contributed by atoms with Crippen molar-refractivity contribution in [1.29, 1.82) is 0 Å². The number of nitrogens with zero attached hydrogens (tertiary/aromatic N) is 1. The SMILES string of the molecule is Cc1ccc(CN(CC(=O)Nc2cc(Cl)ccc2Oc2ccccc2)S(=O)(=O)c2ccc(Br)cc2)cc1. The molecule has 0 unspecified atom stereocenters. The van der Waals surface area contributed by atoms with Crippen molar-refractivity contribution in [3.63, 3.8) is 0 Å². The molecule has 0 saturated heterocycles. The lowest BCUT2D eigenvalue weighted by molar-refractivity contribution is -0.116. The zero-order valence-corrected chi connectivity index (χ0v) is 23.1. The molecular formula is C28H24BrClN2O4S. The number of sulfonamides is 1. The number of halogens is 2. The zero-order valence-electron chi connectivity index (χ0n) is 19.9. The van der Waals surface area contributed by atoms with E-state index in [1.165, 1.54) is 12.1 Å². The Morgan fingerprint density at radius 1 is 0.946 bits per heavy atom. The number of amides is 1. The number of rotatable bonds is 9. The molecule has 0 aliphatic carbocycles. The normalized spacial score (nSPS) is 11.4. The Labute approximate surface area is 230 Å². The second-order valence-electron chi connectivity index (χ2n) is 8.32. The topological polar surface area (TPSA) is 75.7 Å². The summed E-state index contributed by atoms with van der Waals surface area (Å²) in [5.41, 5.74) is 2.14. The number of ether oxygens (including phenoxy) is 1. The van der Waals surface area contributed by atoms with E-state index in [4.69, 9.17) is 16.3 Å². The fraction of sp³-hybridized carbons (Fsp3) is 0.107. The minimum absolute atomic E-state index is 0.0228. The van der Waals surface area contributed by atoms with Crippen LogP contribution in [0.4, 0.5) is 5.69 Å². The number of hydrogen-bond donors (Lipinski definition) is 1. The van der Waals surface area contributed by atoms with E-state index in [-0.39, 0.29) is 11.4 Å². The van der Waals surface area contributed by atoms with Crippen molar-refractivity contribution in [2.45, 2.75) is 18.4 Å². The van der Waals surface area contributed by atoms with Crippen molar-refractivity contribution in [1.82, 2.24) is 4.31 Å². The van der Waals surface area contributed by atoms with Crippen molar-refractivity contribution in [2.75, 3.05) is 11.9 Å². The van der Waals surface area contributed by atoms with Crippen LogP contribution in [0.5, 0.6) is 11.5 Å². The molecule has 0 aliphatic rings. The van der Waals surface area contributed by atoms with Crippen molar-refractivity contribution < 1.29 is 17.9 Å². The molecule has 4 rings (SSSR count). The van der Waals surface area contributed by atoms with Crippen molar-refractivity contribution >= 4 is 49.1 Å². The smallest absolute Gasteiger partial charge is 0.243 e. The highest BCUT2D eigenvalue weighted by molar-refractivity contribution is 9.10. The maximum atomic E-state index is 13.5. The van der Waals surface area contributed by atoms with Gasteiger partial charge in [0.05, 0.1) is 17.1 Å². The molecule has 0 aliphatic heterocycles. The van der Waals surface area contributed by atoms with Gasteiger partial charge in [0.2, 0.25) is 15.9 Å². The van der Waals surface area contributed by atoms with Gasteiger partial charge in [-0.1, -0.05) is 75.6 Å². The third kappa shape index (κ3) is 7.20. The second-order valence-corrected chi connectivity index (χ2v) is 11.6. The molecule has 1 amide bonds. The minimum Gasteiger partial charge on any atom is -0.455 e. The van der Waals surface area contributed by atoms with Gasteiger partial charge in [0, 0.05) is 16.0 Å². The highest BCUT2D eigenvalue weighted by atomic mass is 79.9. The van der Waals surface area contributed by atoms with E-state index in [0.717, 1.165) is 19.9 Å². The summed E-state index contributed by atoms with van der Waals surface area (Å²) in [7, 11) is -3.99. The van der Waals surface area contributed by atoms with E-state index in [9.17, 15) is 13.2 Å². The number of hydrogen-bond acceptors (Lipinski definition) is 4. The third-order valence-electron chi connectivity index (χ3n) is 5.44. The lowest BCUT2D eigenvalue weighted by atomic mass is 10.1. The van der Waals surface area contributed by atoms with Crippen LogP contribution < -0.4 is 10.1 Å². The van der Waals surface area contributed by atoms with Crippen molar-refractivity contribution in [2.24, 2.45) is 0 Å². The van der Waals surface area contributed by atoms with E-state index < -0.39 is 22.5 Å². The number of benzene rings is 4. The summed E-state index contributed by atoms with van der Waals surface area (Å²) >= 11 is 9.51. The fourth-order valence-electron chi connectivity index (χ4n) is 3.53. The Morgan fingerprint density at radius 3 is 2.30 bits per heavy atom. The first-order chi connectivity index (χ1) is 17.7. The molecule has 0 radical (unpaired) electrons. The summed E-state index contributed by atoms with van der Waals surface area (Å²) < 4.78 is 34.9. The quantitative estimate of drug-likeness (QED) is 0.224. The predicted octanol–water partition coefficient (Wildman–Crippen LogP) is 7.03. The van der Waals surface area contributed by atoms with Crippen molar-refractivity contribution in [3.05, 3.63) is 118 Å². The maximum absolute atomic E-state index is 13.5. The molecule has 4 aromatic rings. The average molecular weight is 600 g/mol. The van der Waals surface area contributed by atoms with Crippen molar-refractivity contribution in [3.8, 4) is 11.5 Å². The maximum Gasteiger partial charge on any atom is 0.243 e. The molecule has 0 atom stereocenters.